The molecular weight excluding hydrogens is 212 g/mol. The Balaban J connectivity index is 1.99. The average Bonchev–Trinajstić information content (AvgIpc) is 2.61. The van der Waals surface area contributed by atoms with Crippen molar-refractivity contribution in [3.8, 4) is 0 Å². The molecule has 3 aliphatic carbocycles. The number of ketones is 1. The summed E-state index contributed by atoms with van der Waals surface area (Å²) in [6.45, 7) is 4.27. The third-order valence-electron chi connectivity index (χ3n) is 5.81. The lowest BCUT2D eigenvalue weighted by Crippen LogP contribution is -2.42. The molecule has 2 fully saturated rings. The van der Waals surface area contributed by atoms with Crippen molar-refractivity contribution in [2.75, 3.05) is 0 Å². The Hall–Kier alpha value is -0.630. The van der Waals surface area contributed by atoms with Crippen LogP contribution in [-0.4, -0.2) is 17.0 Å². The molecule has 0 aromatic rings. The Labute approximate surface area is 103 Å². The summed E-state index contributed by atoms with van der Waals surface area (Å²) in [4.78, 5) is 11.8. The van der Waals surface area contributed by atoms with E-state index in [0.29, 0.717) is 17.6 Å². The van der Waals surface area contributed by atoms with Gasteiger partial charge in [0.25, 0.3) is 0 Å². The highest BCUT2D eigenvalue weighted by atomic mass is 16.3. The van der Waals surface area contributed by atoms with Crippen LogP contribution in [0.1, 0.15) is 52.4 Å². The van der Waals surface area contributed by atoms with E-state index in [0.717, 1.165) is 44.1 Å². The van der Waals surface area contributed by atoms with Gasteiger partial charge < -0.3 is 5.11 Å². The van der Waals surface area contributed by atoms with Crippen LogP contribution in [0.25, 0.3) is 0 Å². The van der Waals surface area contributed by atoms with E-state index in [-0.39, 0.29) is 11.5 Å². The number of aliphatic hydroxyl groups excluding tert-OH is 1. The van der Waals surface area contributed by atoms with E-state index >= 15 is 0 Å². The second-order valence-corrected chi connectivity index (χ2v) is 6.42. The molecule has 94 valence electrons. The summed E-state index contributed by atoms with van der Waals surface area (Å²) < 4.78 is 0. The highest BCUT2D eigenvalue weighted by Crippen LogP contribution is 2.58. The minimum atomic E-state index is -0.119. The van der Waals surface area contributed by atoms with Crippen LogP contribution in [0.5, 0.6) is 0 Å². The second kappa shape index (κ2) is 3.68. The molecule has 0 aliphatic heterocycles. The normalized spacial score (nSPS) is 45.8. The summed E-state index contributed by atoms with van der Waals surface area (Å²) in [6.07, 6.45) is 5.83. The van der Waals surface area contributed by atoms with Gasteiger partial charge in [-0.25, -0.2) is 0 Å². The van der Waals surface area contributed by atoms with Crippen LogP contribution in [0.3, 0.4) is 0 Å². The second-order valence-electron chi connectivity index (χ2n) is 6.42. The van der Waals surface area contributed by atoms with Gasteiger partial charge in [-0.05, 0) is 61.9 Å². The lowest BCUT2D eigenvalue weighted by atomic mass is 9.58. The summed E-state index contributed by atoms with van der Waals surface area (Å²) in [5.41, 5.74) is 2.59. The maximum absolute atomic E-state index is 11.8. The lowest BCUT2D eigenvalue weighted by molar-refractivity contribution is -0.117. The van der Waals surface area contributed by atoms with E-state index in [1.807, 2.05) is 6.92 Å². The van der Waals surface area contributed by atoms with Crippen molar-refractivity contribution in [1.29, 1.82) is 0 Å². The van der Waals surface area contributed by atoms with Crippen molar-refractivity contribution in [2.24, 2.45) is 17.3 Å². The molecule has 0 radical (unpaired) electrons. The van der Waals surface area contributed by atoms with Gasteiger partial charge in [0, 0.05) is 6.42 Å². The molecule has 2 heteroatoms. The molecule has 2 saturated carbocycles. The third-order valence-corrected chi connectivity index (χ3v) is 5.81. The van der Waals surface area contributed by atoms with E-state index in [9.17, 15) is 9.90 Å². The Bertz CT molecular complexity index is 396. The summed E-state index contributed by atoms with van der Waals surface area (Å²) in [5.74, 6) is 1.56. The van der Waals surface area contributed by atoms with Gasteiger partial charge >= 0.3 is 0 Å². The highest BCUT2D eigenvalue weighted by molar-refractivity contribution is 5.96. The molecule has 3 rings (SSSR count). The fourth-order valence-corrected chi connectivity index (χ4v) is 4.58. The van der Waals surface area contributed by atoms with Crippen LogP contribution in [0.4, 0.5) is 0 Å². The van der Waals surface area contributed by atoms with E-state index in [2.05, 4.69) is 6.92 Å². The number of carbonyl (C=O) groups excluding carboxylic acids is 1. The van der Waals surface area contributed by atoms with E-state index in [1.165, 1.54) is 5.57 Å². The van der Waals surface area contributed by atoms with Gasteiger partial charge in [0.05, 0.1) is 6.10 Å². The van der Waals surface area contributed by atoms with Crippen LogP contribution in [0.2, 0.25) is 0 Å². The first-order valence-corrected chi connectivity index (χ1v) is 6.95. The first kappa shape index (κ1) is 11.5. The van der Waals surface area contributed by atoms with E-state index in [1.54, 1.807) is 0 Å². The molecule has 0 spiro atoms. The number of fused-ring (bicyclic) bond motifs is 3. The van der Waals surface area contributed by atoms with Crippen molar-refractivity contribution in [3.63, 3.8) is 0 Å². The molecule has 17 heavy (non-hydrogen) atoms. The maximum atomic E-state index is 11.8. The van der Waals surface area contributed by atoms with Crippen molar-refractivity contribution < 1.29 is 9.90 Å². The Morgan fingerprint density at radius 1 is 1.24 bits per heavy atom. The van der Waals surface area contributed by atoms with Crippen LogP contribution in [0.15, 0.2) is 11.1 Å². The first-order valence-electron chi connectivity index (χ1n) is 6.95. The maximum Gasteiger partial charge on any atom is 0.158 e. The molecular formula is C15H22O2. The molecule has 0 saturated heterocycles. The zero-order valence-corrected chi connectivity index (χ0v) is 10.8. The van der Waals surface area contributed by atoms with Gasteiger partial charge in [0.2, 0.25) is 0 Å². The predicted octanol–water partition coefficient (Wildman–Crippen LogP) is 2.85. The fourth-order valence-electron chi connectivity index (χ4n) is 4.58. The molecule has 2 nitrogen and oxygen atoms in total. The minimum Gasteiger partial charge on any atom is -0.393 e. The number of carbonyl (C=O) groups is 1. The quantitative estimate of drug-likeness (QED) is 0.699. The van der Waals surface area contributed by atoms with Crippen LogP contribution in [-0.2, 0) is 4.79 Å². The van der Waals surface area contributed by atoms with Crippen LogP contribution >= 0.6 is 0 Å². The largest absolute Gasteiger partial charge is 0.393 e. The smallest absolute Gasteiger partial charge is 0.158 e. The van der Waals surface area contributed by atoms with Gasteiger partial charge in [-0.3, -0.25) is 4.79 Å². The number of rotatable bonds is 0. The molecule has 2 unspecified atom stereocenters. The lowest BCUT2D eigenvalue weighted by Gasteiger charge is -2.46. The van der Waals surface area contributed by atoms with E-state index < -0.39 is 0 Å². The Kier molecular flexibility index (Phi) is 2.48. The molecule has 3 aliphatic rings. The first-order chi connectivity index (χ1) is 8.04. The Morgan fingerprint density at radius 2 is 2.00 bits per heavy atom. The minimum absolute atomic E-state index is 0.119. The zero-order chi connectivity index (χ0) is 12.2. The van der Waals surface area contributed by atoms with Gasteiger partial charge in [0.1, 0.15) is 0 Å². The van der Waals surface area contributed by atoms with Gasteiger partial charge in [-0.1, -0.05) is 12.5 Å². The molecule has 0 aromatic heterocycles. The summed E-state index contributed by atoms with van der Waals surface area (Å²) in [7, 11) is 0. The van der Waals surface area contributed by atoms with Gasteiger partial charge in [0.15, 0.2) is 5.78 Å². The number of Topliss-reactive ketones (excluding diaryl/α,β-unsaturated/α-hetero) is 1. The molecule has 0 heterocycles. The molecule has 0 bridgehead atoms. The molecule has 0 aromatic carbocycles. The number of aliphatic hydroxyl groups is 1. The fraction of sp³-hybridized carbons (Fsp3) is 0.800. The standard InChI is InChI=1S/C15H22O2/c1-9-10-7-8-15(2)12(4-6-14(15)17)11(10)3-5-13(9)16/h11-12,14,17H,3-8H2,1-2H3/t11-,12?,14?,15+/m1/s1. The van der Waals surface area contributed by atoms with Gasteiger partial charge in [-0.2, -0.15) is 0 Å². The third kappa shape index (κ3) is 1.46. The zero-order valence-electron chi connectivity index (χ0n) is 10.8. The summed E-state index contributed by atoms with van der Waals surface area (Å²) in [6, 6.07) is 0. The molecule has 4 atom stereocenters. The summed E-state index contributed by atoms with van der Waals surface area (Å²) >= 11 is 0. The van der Waals surface area contributed by atoms with Crippen molar-refractivity contribution in [1.82, 2.24) is 0 Å². The summed E-state index contributed by atoms with van der Waals surface area (Å²) in [5, 5.41) is 10.2. The average molecular weight is 234 g/mol. The number of hydrogen-bond donors (Lipinski definition) is 1. The van der Waals surface area contributed by atoms with Crippen LogP contribution in [0, 0.1) is 17.3 Å². The van der Waals surface area contributed by atoms with Crippen molar-refractivity contribution in [3.05, 3.63) is 11.1 Å². The van der Waals surface area contributed by atoms with Crippen LogP contribution < -0.4 is 0 Å². The number of hydrogen-bond acceptors (Lipinski definition) is 2. The van der Waals surface area contributed by atoms with Crippen molar-refractivity contribution in [2.45, 2.75) is 58.5 Å². The molecule has 1 N–H and O–H groups in total. The highest BCUT2D eigenvalue weighted by Gasteiger charge is 2.52. The topological polar surface area (TPSA) is 37.3 Å². The predicted molar refractivity (Wildman–Crippen MR) is 66.5 cm³/mol. The Morgan fingerprint density at radius 3 is 2.76 bits per heavy atom. The van der Waals surface area contributed by atoms with Gasteiger partial charge in [-0.15, -0.1) is 0 Å². The SMILES string of the molecule is CC1=C2CC[C@]3(C)C(O)CCC3[C@@H]2CCC1=O. The monoisotopic (exact) mass is 234 g/mol. The van der Waals surface area contributed by atoms with Crippen molar-refractivity contribution >= 4 is 5.78 Å². The number of allylic oxidation sites excluding steroid dienone is 2. The van der Waals surface area contributed by atoms with E-state index in [4.69, 9.17) is 0 Å². The molecule has 0 amide bonds.